The van der Waals surface area contributed by atoms with E-state index in [1.54, 1.807) is 41.1 Å². The van der Waals surface area contributed by atoms with Crippen LogP contribution >= 0.6 is 23.4 Å². The molecule has 0 aliphatic carbocycles. The monoisotopic (exact) mass is 426 g/mol. The molecule has 29 heavy (non-hydrogen) atoms. The van der Waals surface area contributed by atoms with E-state index in [9.17, 15) is 9.59 Å². The summed E-state index contributed by atoms with van der Waals surface area (Å²) in [7, 11) is 0. The second kappa shape index (κ2) is 8.76. The molecule has 0 spiro atoms. The topological polar surface area (TPSA) is 62.6 Å². The van der Waals surface area contributed by atoms with Crippen molar-refractivity contribution in [2.75, 3.05) is 5.75 Å². The Balaban J connectivity index is 1.42. The summed E-state index contributed by atoms with van der Waals surface area (Å²) in [4.78, 5) is 26.6. The molecule has 1 fully saturated rings. The van der Waals surface area contributed by atoms with Gasteiger partial charge in [0.05, 0.1) is 18.6 Å². The van der Waals surface area contributed by atoms with Gasteiger partial charge in [-0.2, -0.15) is 0 Å². The van der Waals surface area contributed by atoms with Crippen LogP contribution in [0.2, 0.25) is 5.02 Å². The van der Waals surface area contributed by atoms with Crippen LogP contribution in [0, 0.1) is 0 Å². The molecule has 3 aromatic rings. The largest absolute Gasteiger partial charge is 0.467 e. The molecule has 2 heterocycles. The first-order valence-electron chi connectivity index (χ1n) is 9.17. The van der Waals surface area contributed by atoms with Crippen LogP contribution in [0.3, 0.4) is 0 Å². The maximum absolute atomic E-state index is 12.5. The molecule has 5 nitrogen and oxygen atoms in total. The lowest BCUT2D eigenvalue weighted by Gasteiger charge is -2.23. The molecule has 1 aliphatic rings. The van der Waals surface area contributed by atoms with Crippen molar-refractivity contribution in [3.8, 4) is 0 Å². The zero-order valence-corrected chi connectivity index (χ0v) is 17.1. The molecule has 0 saturated carbocycles. The number of carbonyl (C=O) groups excluding carboxylic acids is 2. The third-order valence-corrected chi connectivity index (χ3v) is 6.35. The van der Waals surface area contributed by atoms with Gasteiger partial charge >= 0.3 is 0 Å². The highest BCUT2D eigenvalue weighted by Gasteiger charge is 2.33. The quantitative estimate of drug-likeness (QED) is 0.623. The van der Waals surface area contributed by atoms with E-state index >= 15 is 0 Å². The van der Waals surface area contributed by atoms with E-state index in [0.717, 1.165) is 16.9 Å². The predicted molar refractivity (Wildman–Crippen MR) is 114 cm³/mol. The summed E-state index contributed by atoms with van der Waals surface area (Å²) < 4.78 is 5.38. The highest BCUT2D eigenvalue weighted by Crippen LogP contribution is 2.39. The summed E-state index contributed by atoms with van der Waals surface area (Å²) in [6.45, 7) is 0.799. The van der Waals surface area contributed by atoms with Crippen LogP contribution in [0.25, 0.3) is 0 Å². The van der Waals surface area contributed by atoms with E-state index in [-0.39, 0.29) is 17.2 Å². The number of rotatable bonds is 6. The Bertz CT molecular complexity index is 1010. The zero-order valence-electron chi connectivity index (χ0n) is 15.5. The van der Waals surface area contributed by atoms with Gasteiger partial charge in [-0.25, -0.2) is 0 Å². The lowest BCUT2D eigenvalue weighted by molar-refractivity contribution is -0.128. The molecule has 0 radical (unpaired) electrons. The van der Waals surface area contributed by atoms with Gasteiger partial charge in [0.25, 0.3) is 5.91 Å². The van der Waals surface area contributed by atoms with Crippen LogP contribution in [-0.2, 0) is 17.9 Å². The highest BCUT2D eigenvalue weighted by molar-refractivity contribution is 8.00. The van der Waals surface area contributed by atoms with Crippen LogP contribution in [0.4, 0.5) is 0 Å². The molecule has 148 valence electrons. The number of benzene rings is 2. The molecule has 7 heteroatoms. The summed E-state index contributed by atoms with van der Waals surface area (Å²) >= 11 is 7.71. The van der Waals surface area contributed by atoms with E-state index in [0.29, 0.717) is 29.4 Å². The summed E-state index contributed by atoms with van der Waals surface area (Å²) in [5.41, 5.74) is 2.41. The number of carbonyl (C=O) groups is 2. The Labute approximate surface area is 178 Å². The molecule has 0 bridgehead atoms. The maximum atomic E-state index is 12.5. The fourth-order valence-corrected chi connectivity index (χ4v) is 4.58. The Kier molecular flexibility index (Phi) is 5.92. The van der Waals surface area contributed by atoms with Crippen LogP contribution < -0.4 is 5.32 Å². The Hall–Kier alpha value is -2.70. The number of halogens is 1. The average Bonchev–Trinajstić information content (AvgIpc) is 3.38. The molecule has 2 aromatic carbocycles. The van der Waals surface area contributed by atoms with Gasteiger partial charge in [0.2, 0.25) is 5.91 Å². The van der Waals surface area contributed by atoms with Crippen LogP contribution in [0.15, 0.2) is 71.3 Å². The molecule has 4 rings (SSSR count). The maximum Gasteiger partial charge on any atom is 0.251 e. The van der Waals surface area contributed by atoms with Crippen molar-refractivity contribution in [1.29, 1.82) is 0 Å². The molecule has 1 atom stereocenters. The number of thioether (sulfide) groups is 1. The Morgan fingerprint density at radius 1 is 1.14 bits per heavy atom. The van der Waals surface area contributed by atoms with E-state index < -0.39 is 0 Å². The summed E-state index contributed by atoms with van der Waals surface area (Å²) in [6.07, 6.45) is 1.61. The van der Waals surface area contributed by atoms with Gasteiger partial charge in [-0.05, 0) is 41.5 Å². The van der Waals surface area contributed by atoms with Crippen molar-refractivity contribution in [3.05, 3.63) is 94.4 Å². The van der Waals surface area contributed by atoms with E-state index in [4.69, 9.17) is 16.0 Å². The van der Waals surface area contributed by atoms with Crippen molar-refractivity contribution in [1.82, 2.24) is 10.2 Å². The normalized spacial score (nSPS) is 16.2. The van der Waals surface area contributed by atoms with Crippen molar-refractivity contribution in [2.45, 2.75) is 18.5 Å². The molecule has 1 N–H and O–H groups in total. The number of hydrogen-bond donors (Lipinski definition) is 1. The summed E-state index contributed by atoms with van der Waals surface area (Å²) in [6, 6.07) is 18.5. The minimum atomic E-state index is -0.168. The first-order chi connectivity index (χ1) is 14.1. The van der Waals surface area contributed by atoms with Crippen molar-refractivity contribution in [3.63, 3.8) is 0 Å². The highest BCUT2D eigenvalue weighted by atomic mass is 35.5. The Morgan fingerprint density at radius 3 is 2.66 bits per heavy atom. The molecule has 1 aromatic heterocycles. The van der Waals surface area contributed by atoms with E-state index in [1.165, 1.54) is 0 Å². The second-order valence-electron chi connectivity index (χ2n) is 6.66. The average molecular weight is 427 g/mol. The van der Waals surface area contributed by atoms with E-state index in [2.05, 4.69) is 5.32 Å². The van der Waals surface area contributed by atoms with E-state index in [1.807, 2.05) is 42.5 Å². The van der Waals surface area contributed by atoms with Gasteiger partial charge in [0, 0.05) is 17.1 Å². The third-order valence-electron chi connectivity index (χ3n) is 4.73. The number of nitrogens with one attached hydrogen (secondary N) is 1. The van der Waals surface area contributed by atoms with Crippen LogP contribution in [-0.4, -0.2) is 22.5 Å². The summed E-state index contributed by atoms with van der Waals surface area (Å²) in [5, 5.41) is 3.42. The summed E-state index contributed by atoms with van der Waals surface area (Å²) in [5.74, 6) is 1.10. The molecular formula is C22H19ClN2O3S. The lowest BCUT2D eigenvalue weighted by atomic mass is 10.1. The number of nitrogens with zero attached hydrogens (tertiary/aromatic N) is 1. The van der Waals surface area contributed by atoms with Gasteiger partial charge in [0.15, 0.2) is 0 Å². The van der Waals surface area contributed by atoms with Gasteiger partial charge in [0.1, 0.15) is 11.1 Å². The second-order valence-corrected chi connectivity index (χ2v) is 8.14. The van der Waals surface area contributed by atoms with Crippen LogP contribution in [0.5, 0.6) is 0 Å². The minimum absolute atomic E-state index is 0.0814. The van der Waals surface area contributed by atoms with Crippen molar-refractivity contribution in [2.24, 2.45) is 0 Å². The minimum Gasteiger partial charge on any atom is -0.467 e. The molecule has 2 amide bonds. The van der Waals surface area contributed by atoms with Gasteiger partial charge in [-0.3, -0.25) is 9.59 Å². The molecule has 1 saturated heterocycles. The first-order valence-corrected chi connectivity index (χ1v) is 10.6. The smallest absolute Gasteiger partial charge is 0.251 e. The standard InChI is InChI=1S/C22H19ClN2O3S/c23-19-6-2-1-4-17(19)12-24-21(27)15-7-9-16(10-8-15)22-25(20(26)14-29-22)13-18-5-3-11-28-18/h1-11,22H,12-14H2,(H,24,27). The van der Waals surface area contributed by atoms with Crippen LogP contribution in [0.1, 0.15) is 32.6 Å². The number of furan rings is 1. The van der Waals surface area contributed by atoms with Gasteiger partial charge < -0.3 is 14.6 Å². The van der Waals surface area contributed by atoms with Gasteiger partial charge in [-0.1, -0.05) is 41.9 Å². The third kappa shape index (κ3) is 4.49. The number of amides is 2. The molecule has 1 unspecified atom stereocenters. The Morgan fingerprint density at radius 2 is 1.93 bits per heavy atom. The van der Waals surface area contributed by atoms with Crippen molar-refractivity contribution >= 4 is 35.2 Å². The molecule has 1 aliphatic heterocycles. The SMILES string of the molecule is O=C(NCc1ccccc1Cl)c1ccc(C2SCC(=O)N2Cc2ccco2)cc1. The van der Waals surface area contributed by atoms with Crippen molar-refractivity contribution < 1.29 is 14.0 Å². The van der Waals surface area contributed by atoms with Gasteiger partial charge in [-0.15, -0.1) is 11.8 Å². The molecular weight excluding hydrogens is 408 g/mol. The lowest BCUT2D eigenvalue weighted by Crippen LogP contribution is -2.27. The fraction of sp³-hybridized carbons (Fsp3) is 0.182. The predicted octanol–water partition coefficient (Wildman–Crippen LogP) is 4.64. The zero-order chi connectivity index (χ0) is 20.2. The fourth-order valence-electron chi connectivity index (χ4n) is 3.19. The first kappa shape index (κ1) is 19.6. The number of hydrogen-bond acceptors (Lipinski definition) is 4.